The van der Waals surface area contributed by atoms with Crippen LogP contribution in [0.25, 0.3) is 0 Å². The lowest BCUT2D eigenvalue weighted by Crippen LogP contribution is -2.71. The third kappa shape index (κ3) is 3.40. The monoisotopic (exact) mass is 448 g/mol. The predicted octanol–water partition coefficient (Wildman–Crippen LogP) is 6.41. The fraction of sp³-hybridized carbons (Fsp3) is 0.778. The lowest BCUT2D eigenvalue weighted by atomic mass is 9.86. The number of halogens is 17. The Kier molecular flexibility index (Phi) is 6.24. The zero-order chi connectivity index (χ0) is 21.7. The summed E-state index contributed by atoms with van der Waals surface area (Å²) in [5, 5.41) is -4.06. The molecule has 0 N–H and O–H groups in total. The van der Waals surface area contributed by atoms with Crippen LogP contribution in [0, 0.1) is 0 Å². The number of allylic oxidation sites excluding steroid dienone is 1. The molecule has 0 aliphatic carbocycles. The van der Waals surface area contributed by atoms with Crippen LogP contribution in [0.15, 0.2) is 11.1 Å². The van der Waals surface area contributed by atoms with E-state index in [9.17, 15) is 70.2 Å². The largest absolute Gasteiger partial charge is 0.434 e. The summed E-state index contributed by atoms with van der Waals surface area (Å²) in [4.78, 5) is 0. The predicted molar refractivity (Wildman–Crippen MR) is 50.8 cm³/mol. The van der Waals surface area contributed by atoms with Gasteiger partial charge in [-0.25, -0.2) is 8.78 Å². The Bertz CT molecular complexity index is 551. The molecule has 156 valence electrons. The fourth-order valence-electron chi connectivity index (χ4n) is 1.36. The molecule has 0 nitrogen and oxygen atoms in total. The number of rotatable bonds is 5. The molecule has 0 radical (unpaired) electrons. The Balaban J connectivity index is 6.80. The normalized spacial score (nSPS) is 18.3. The first-order valence-corrected chi connectivity index (χ1v) is 5.70. The highest BCUT2D eigenvalue weighted by Gasteiger charge is 2.89. The van der Waals surface area contributed by atoms with Gasteiger partial charge in [-0.2, -0.15) is 61.5 Å². The Labute approximate surface area is 136 Å². The van der Waals surface area contributed by atoms with Crippen molar-refractivity contribution in [2.45, 2.75) is 42.0 Å². The van der Waals surface area contributed by atoms with Gasteiger partial charge in [0, 0.05) is 0 Å². The van der Waals surface area contributed by atoms with Gasteiger partial charge < -0.3 is 0 Å². The highest BCUT2D eigenvalue weighted by Crippen LogP contribution is 2.62. The van der Waals surface area contributed by atoms with E-state index in [1.54, 1.807) is 0 Å². The molecule has 17 heteroatoms. The second kappa shape index (κ2) is 6.51. The van der Waals surface area contributed by atoms with Crippen LogP contribution in [0.5, 0.6) is 0 Å². The van der Waals surface area contributed by atoms with Crippen molar-refractivity contribution >= 4 is 11.6 Å². The molecule has 26 heavy (non-hydrogen) atoms. The highest BCUT2D eigenvalue weighted by molar-refractivity contribution is 6.31. The zero-order valence-corrected chi connectivity index (χ0v) is 11.8. The van der Waals surface area contributed by atoms with Crippen LogP contribution in [0.2, 0.25) is 0 Å². The van der Waals surface area contributed by atoms with Crippen LogP contribution >= 0.6 is 11.6 Å². The van der Waals surface area contributed by atoms with Gasteiger partial charge in [-0.05, 0) is 0 Å². The molecule has 0 aromatic heterocycles. The standard InChI is InChI=1S/C9HClF16/c10-1(2(11)12)4(14,9(24,25)26)7(20,21)8(22,23)5(15,16)3(13)6(17,18)19/h3H. The van der Waals surface area contributed by atoms with E-state index in [1.807, 2.05) is 0 Å². The van der Waals surface area contributed by atoms with Gasteiger partial charge in [-0.15, -0.1) is 0 Å². The SMILES string of the molecule is FC(F)=C(Cl)C(F)(C(F)(F)F)C(F)(F)C(F)(F)C(F)(F)C(F)C(F)(F)F. The molecule has 0 spiro atoms. The molecule has 0 aromatic rings. The average molecular weight is 449 g/mol. The minimum atomic E-state index is -8.13. The first kappa shape index (κ1) is 24.9. The molecule has 0 aliphatic rings. The maximum Gasteiger partial charge on any atom is 0.434 e. The van der Waals surface area contributed by atoms with Crippen molar-refractivity contribution in [2.75, 3.05) is 0 Å². The van der Waals surface area contributed by atoms with Crippen LogP contribution in [0.3, 0.4) is 0 Å². The molecule has 2 unspecified atom stereocenters. The van der Waals surface area contributed by atoms with Crippen molar-refractivity contribution in [3.8, 4) is 0 Å². The summed E-state index contributed by atoms with van der Waals surface area (Å²) in [6, 6.07) is 0. The third-order valence-electron chi connectivity index (χ3n) is 2.71. The lowest BCUT2D eigenvalue weighted by molar-refractivity contribution is -0.399. The van der Waals surface area contributed by atoms with Gasteiger partial charge >= 0.3 is 35.8 Å². The van der Waals surface area contributed by atoms with Gasteiger partial charge in [0.1, 0.15) is 5.03 Å². The van der Waals surface area contributed by atoms with Gasteiger partial charge in [0.2, 0.25) is 0 Å². The molecule has 0 saturated heterocycles. The molecule has 2 atom stereocenters. The summed E-state index contributed by atoms with van der Waals surface area (Å²) in [6.45, 7) is 0. The van der Waals surface area contributed by atoms with Crippen molar-refractivity contribution in [3.05, 3.63) is 11.1 Å². The van der Waals surface area contributed by atoms with E-state index >= 15 is 0 Å². The van der Waals surface area contributed by atoms with E-state index in [2.05, 4.69) is 11.6 Å². The van der Waals surface area contributed by atoms with E-state index in [0.717, 1.165) is 0 Å². The van der Waals surface area contributed by atoms with Crippen LogP contribution in [-0.2, 0) is 0 Å². The molecule has 0 rings (SSSR count). The lowest BCUT2D eigenvalue weighted by Gasteiger charge is -2.41. The highest BCUT2D eigenvalue weighted by atomic mass is 35.5. The molecule has 0 aliphatic heterocycles. The van der Waals surface area contributed by atoms with Crippen molar-refractivity contribution in [1.29, 1.82) is 0 Å². The molecule has 0 bridgehead atoms. The van der Waals surface area contributed by atoms with Crippen molar-refractivity contribution < 1.29 is 70.2 Å². The zero-order valence-electron chi connectivity index (χ0n) is 11.0. The Morgan fingerprint density at radius 3 is 1.23 bits per heavy atom. The van der Waals surface area contributed by atoms with Gasteiger partial charge in [0.05, 0.1) is 0 Å². The van der Waals surface area contributed by atoms with E-state index < -0.39 is 53.1 Å². The molecule has 0 heterocycles. The summed E-state index contributed by atoms with van der Waals surface area (Å²) in [5.41, 5.74) is -7.49. The molecule has 0 aromatic carbocycles. The van der Waals surface area contributed by atoms with Crippen LogP contribution in [0.1, 0.15) is 0 Å². The Morgan fingerprint density at radius 1 is 0.654 bits per heavy atom. The quantitative estimate of drug-likeness (QED) is 0.427. The maximum atomic E-state index is 13.5. The van der Waals surface area contributed by atoms with Crippen LogP contribution in [-0.4, -0.2) is 42.0 Å². The van der Waals surface area contributed by atoms with Gasteiger partial charge in [-0.1, -0.05) is 11.6 Å². The number of hydrogen-bond acceptors (Lipinski definition) is 0. The van der Waals surface area contributed by atoms with Gasteiger partial charge in [0.15, 0.2) is 0 Å². The minimum absolute atomic E-state index is 3.88. The van der Waals surface area contributed by atoms with Gasteiger partial charge in [-0.3, -0.25) is 0 Å². The molecule has 0 fully saturated rings. The van der Waals surface area contributed by atoms with Crippen LogP contribution < -0.4 is 0 Å². The van der Waals surface area contributed by atoms with Crippen molar-refractivity contribution in [1.82, 2.24) is 0 Å². The molecular formula is C9HClF16. The topological polar surface area (TPSA) is 0 Å². The fourth-order valence-corrected chi connectivity index (χ4v) is 1.59. The summed E-state index contributed by atoms with van der Waals surface area (Å²) >= 11 is 3.88. The number of hydrogen-bond donors (Lipinski definition) is 0. The smallest absolute Gasteiger partial charge is 0.230 e. The van der Waals surface area contributed by atoms with E-state index in [-0.39, 0.29) is 0 Å². The Hall–Kier alpha value is -1.09. The summed E-state index contributed by atoms with van der Waals surface area (Å²) in [5.74, 6) is -24.0. The van der Waals surface area contributed by atoms with Crippen molar-refractivity contribution in [2.24, 2.45) is 0 Å². The molecule has 0 amide bonds. The summed E-state index contributed by atoms with van der Waals surface area (Å²) < 4.78 is 201. The summed E-state index contributed by atoms with van der Waals surface area (Å²) in [7, 11) is 0. The Morgan fingerprint density at radius 2 is 1.00 bits per heavy atom. The molecule has 0 saturated carbocycles. The van der Waals surface area contributed by atoms with E-state index in [0.29, 0.717) is 0 Å². The van der Waals surface area contributed by atoms with E-state index in [4.69, 9.17) is 0 Å². The average Bonchev–Trinajstić information content (AvgIpc) is 2.41. The van der Waals surface area contributed by atoms with Gasteiger partial charge in [0.25, 0.3) is 12.3 Å². The second-order valence-electron chi connectivity index (χ2n) is 4.41. The second-order valence-corrected chi connectivity index (χ2v) is 4.78. The maximum absolute atomic E-state index is 13.5. The van der Waals surface area contributed by atoms with E-state index in [1.165, 1.54) is 0 Å². The molecular weight excluding hydrogens is 448 g/mol. The number of alkyl halides is 14. The van der Waals surface area contributed by atoms with Crippen LogP contribution in [0.4, 0.5) is 70.2 Å². The minimum Gasteiger partial charge on any atom is -0.230 e. The third-order valence-corrected chi connectivity index (χ3v) is 3.11. The van der Waals surface area contributed by atoms with Crippen molar-refractivity contribution in [3.63, 3.8) is 0 Å². The summed E-state index contributed by atoms with van der Waals surface area (Å²) in [6.07, 6.45) is -25.0. The first-order chi connectivity index (χ1) is 11.0. The first-order valence-electron chi connectivity index (χ1n) is 5.32.